The summed E-state index contributed by atoms with van der Waals surface area (Å²) in [7, 11) is 1.16. The fourth-order valence-electron chi connectivity index (χ4n) is 1.40. The van der Waals surface area contributed by atoms with Gasteiger partial charge in [0.15, 0.2) is 5.65 Å². The van der Waals surface area contributed by atoms with Gasteiger partial charge < -0.3 is 4.74 Å². The predicted octanol–water partition coefficient (Wildman–Crippen LogP) is 1.57. The number of fused-ring (bicyclic) bond motifs is 1. The molecule has 0 saturated heterocycles. The molecule has 18 heavy (non-hydrogen) atoms. The molecule has 6 nitrogen and oxygen atoms in total. The van der Waals surface area contributed by atoms with Crippen molar-refractivity contribution in [1.29, 1.82) is 0 Å². The van der Waals surface area contributed by atoms with Crippen molar-refractivity contribution in [2.75, 3.05) is 7.11 Å². The highest BCUT2D eigenvalue weighted by Crippen LogP contribution is 2.27. The monoisotopic (exact) mass is 256 g/mol. The molecule has 96 valence electrons. The van der Waals surface area contributed by atoms with Gasteiger partial charge in [-0.1, -0.05) is 6.92 Å². The third-order valence-corrected chi connectivity index (χ3v) is 2.41. The van der Waals surface area contributed by atoms with Crippen LogP contribution in [0.1, 0.15) is 24.0 Å². The third-order valence-electron chi connectivity index (χ3n) is 2.41. The minimum atomic E-state index is -3.16. The highest BCUT2D eigenvalue weighted by Gasteiger charge is 2.32. The second-order valence-electron chi connectivity index (χ2n) is 3.54. The van der Waals surface area contributed by atoms with Gasteiger partial charge in [0.05, 0.1) is 18.7 Å². The molecule has 0 aliphatic carbocycles. The van der Waals surface area contributed by atoms with E-state index in [2.05, 4.69) is 19.8 Å². The minimum Gasteiger partial charge on any atom is -0.463 e. The van der Waals surface area contributed by atoms with Gasteiger partial charge in [0.1, 0.15) is 0 Å². The van der Waals surface area contributed by atoms with Crippen LogP contribution in [0.25, 0.3) is 11.0 Å². The number of esters is 1. The van der Waals surface area contributed by atoms with Crippen molar-refractivity contribution in [2.24, 2.45) is 0 Å². The first-order valence-corrected chi connectivity index (χ1v) is 5.17. The van der Waals surface area contributed by atoms with Gasteiger partial charge in [0, 0.05) is 12.6 Å². The lowest BCUT2D eigenvalue weighted by atomic mass is 10.4. The first-order valence-electron chi connectivity index (χ1n) is 5.17. The summed E-state index contributed by atoms with van der Waals surface area (Å²) in [4.78, 5) is 18.7. The second-order valence-corrected chi connectivity index (χ2v) is 3.54. The van der Waals surface area contributed by atoms with E-state index in [0.717, 1.165) is 7.11 Å². The molecule has 2 aromatic heterocycles. The van der Waals surface area contributed by atoms with Crippen LogP contribution in [0.5, 0.6) is 0 Å². The lowest BCUT2D eigenvalue weighted by Gasteiger charge is -2.14. The number of carbonyl (C=O) groups excluding carboxylic acids is 1. The normalized spacial score (nSPS) is 11.8. The molecule has 0 aliphatic rings. The Kier molecular flexibility index (Phi) is 2.93. The Morgan fingerprint density at radius 3 is 2.83 bits per heavy atom. The summed E-state index contributed by atoms with van der Waals surface area (Å²) in [6.07, 6.45) is 2.05. The molecular weight excluding hydrogens is 246 g/mol. The molecule has 0 amide bonds. The van der Waals surface area contributed by atoms with Crippen molar-refractivity contribution in [1.82, 2.24) is 19.7 Å². The summed E-state index contributed by atoms with van der Waals surface area (Å²) in [5.74, 6) is -1.07. The molecule has 0 spiro atoms. The molecule has 0 unspecified atom stereocenters. The molecule has 0 saturated carbocycles. The molecule has 0 atom stereocenters. The largest absolute Gasteiger partial charge is 0.463 e. The van der Waals surface area contributed by atoms with Gasteiger partial charge in [-0.25, -0.2) is 14.8 Å². The number of nitrogens with zero attached hydrogens (tertiary/aromatic N) is 4. The molecule has 8 heteroatoms. The number of carbonyl (C=O) groups is 1. The van der Waals surface area contributed by atoms with E-state index in [-0.39, 0.29) is 11.5 Å². The van der Waals surface area contributed by atoms with Crippen LogP contribution in [-0.4, -0.2) is 32.8 Å². The zero-order valence-electron chi connectivity index (χ0n) is 9.72. The lowest BCUT2D eigenvalue weighted by molar-refractivity contribution is -0.0915. The third kappa shape index (κ3) is 1.89. The zero-order chi connectivity index (χ0) is 13.3. The Hall–Kier alpha value is -2.12. The van der Waals surface area contributed by atoms with E-state index in [1.54, 1.807) is 0 Å². The van der Waals surface area contributed by atoms with Crippen LogP contribution in [0.15, 0.2) is 12.4 Å². The van der Waals surface area contributed by atoms with Crippen LogP contribution in [0.4, 0.5) is 8.78 Å². The number of rotatable bonds is 3. The Morgan fingerprint density at radius 1 is 1.50 bits per heavy atom. The van der Waals surface area contributed by atoms with Crippen molar-refractivity contribution in [3.05, 3.63) is 18.2 Å². The van der Waals surface area contributed by atoms with Crippen LogP contribution in [0.2, 0.25) is 0 Å². The molecule has 0 radical (unpaired) electrons. The summed E-state index contributed by atoms with van der Waals surface area (Å²) < 4.78 is 32.1. The van der Waals surface area contributed by atoms with Gasteiger partial charge >= 0.3 is 12.0 Å². The van der Waals surface area contributed by atoms with Crippen LogP contribution in [0, 0.1) is 0 Å². The molecule has 2 rings (SSSR count). The van der Waals surface area contributed by atoms with Gasteiger partial charge in [0.2, 0.25) is 5.82 Å². The number of ether oxygens (including phenoxy) is 1. The summed E-state index contributed by atoms with van der Waals surface area (Å²) in [5, 5.41) is 3.91. The zero-order valence-corrected chi connectivity index (χ0v) is 9.72. The van der Waals surface area contributed by atoms with Crippen molar-refractivity contribution in [3.63, 3.8) is 0 Å². The van der Waals surface area contributed by atoms with E-state index in [1.165, 1.54) is 19.3 Å². The molecule has 2 heterocycles. The first kappa shape index (κ1) is 12.3. The number of hydrogen-bond donors (Lipinski definition) is 0. The van der Waals surface area contributed by atoms with E-state index in [9.17, 15) is 13.6 Å². The number of halogens is 2. The van der Waals surface area contributed by atoms with E-state index in [4.69, 9.17) is 0 Å². The summed E-state index contributed by atoms with van der Waals surface area (Å²) in [6.45, 7) is 1.33. The van der Waals surface area contributed by atoms with Crippen LogP contribution >= 0.6 is 0 Å². The Balaban J connectivity index is 2.60. The number of alkyl halides is 2. The highest BCUT2D eigenvalue weighted by molar-refractivity contribution is 5.87. The van der Waals surface area contributed by atoms with Crippen LogP contribution in [0.3, 0.4) is 0 Å². The van der Waals surface area contributed by atoms with Crippen molar-refractivity contribution < 1.29 is 18.3 Å². The molecule has 0 fully saturated rings. The quantitative estimate of drug-likeness (QED) is 0.779. The van der Waals surface area contributed by atoms with Gasteiger partial charge in [0.25, 0.3) is 0 Å². The fourth-order valence-corrected chi connectivity index (χ4v) is 1.40. The molecule has 2 aromatic rings. The summed E-state index contributed by atoms with van der Waals surface area (Å²) >= 11 is 0. The van der Waals surface area contributed by atoms with E-state index in [0.29, 0.717) is 10.1 Å². The van der Waals surface area contributed by atoms with Crippen LogP contribution < -0.4 is 0 Å². The van der Waals surface area contributed by atoms with Gasteiger partial charge in [-0.2, -0.15) is 18.6 Å². The van der Waals surface area contributed by atoms with Gasteiger partial charge in [-0.05, 0) is 0 Å². The van der Waals surface area contributed by atoms with Gasteiger partial charge in [-0.3, -0.25) is 0 Å². The number of hydrogen-bond acceptors (Lipinski definition) is 5. The lowest BCUT2D eigenvalue weighted by Crippen LogP contribution is -2.23. The number of aromatic nitrogens is 4. The number of methoxy groups -OCH3 is 1. The SMILES string of the molecule is CCC(F)(F)n1ncc2cnc(C(=O)OC)nc21. The minimum absolute atomic E-state index is 0.0998. The molecule has 0 aromatic carbocycles. The van der Waals surface area contributed by atoms with Crippen molar-refractivity contribution in [2.45, 2.75) is 19.4 Å². The Morgan fingerprint density at radius 2 is 2.22 bits per heavy atom. The molecule has 0 bridgehead atoms. The Labute approximate surface area is 101 Å². The molecule has 0 N–H and O–H groups in total. The summed E-state index contributed by atoms with van der Waals surface area (Å²) in [6, 6.07) is -3.16. The highest BCUT2D eigenvalue weighted by atomic mass is 19.3. The average molecular weight is 256 g/mol. The van der Waals surface area contributed by atoms with Crippen LogP contribution in [-0.2, 0) is 10.8 Å². The summed E-state index contributed by atoms with van der Waals surface area (Å²) in [5.41, 5.74) is -0.0998. The maximum atomic E-state index is 13.6. The van der Waals surface area contributed by atoms with E-state index < -0.39 is 18.4 Å². The average Bonchev–Trinajstić information content (AvgIpc) is 2.81. The van der Waals surface area contributed by atoms with Crippen molar-refractivity contribution in [3.8, 4) is 0 Å². The smallest absolute Gasteiger partial charge is 0.376 e. The Bertz CT molecular complexity index is 597. The second kappa shape index (κ2) is 4.28. The molecular formula is C10H10F2N4O2. The van der Waals surface area contributed by atoms with E-state index in [1.807, 2.05) is 0 Å². The van der Waals surface area contributed by atoms with E-state index >= 15 is 0 Å². The first-order chi connectivity index (χ1) is 8.49. The standard InChI is InChI=1S/C10H10F2N4O2/c1-3-10(11,12)16-8-6(5-14-16)4-13-7(15-8)9(17)18-2/h4-5H,3H2,1-2H3. The topological polar surface area (TPSA) is 69.9 Å². The maximum absolute atomic E-state index is 13.6. The molecule has 0 aliphatic heterocycles. The maximum Gasteiger partial charge on any atom is 0.376 e. The van der Waals surface area contributed by atoms with Gasteiger partial charge in [-0.15, -0.1) is 0 Å². The van der Waals surface area contributed by atoms with Crippen molar-refractivity contribution >= 4 is 17.0 Å². The predicted molar refractivity (Wildman–Crippen MR) is 57.1 cm³/mol. The fraction of sp³-hybridized carbons (Fsp3) is 0.400.